The summed E-state index contributed by atoms with van der Waals surface area (Å²) in [7, 11) is 0. The Labute approximate surface area is 120 Å². The molecule has 3 aromatic rings. The number of carbonyl (C=O) groups excluding carboxylic acids is 1. The third-order valence-electron chi connectivity index (χ3n) is 3.08. The zero-order valence-corrected chi connectivity index (χ0v) is 11.1. The van der Waals surface area contributed by atoms with Crippen LogP contribution >= 0.6 is 0 Å². The molecule has 5 heteroatoms. The highest BCUT2D eigenvalue weighted by atomic mass is 16.2. The van der Waals surface area contributed by atoms with Crippen LogP contribution in [-0.2, 0) is 0 Å². The van der Waals surface area contributed by atoms with Crippen LogP contribution in [0.25, 0.3) is 5.69 Å². The summed E-state index contributed by atoms with van der Waals surface area (Å²) in [6.07, 6.45) is 6.73. The molecule has 1 aromatic carbocycles. The van der Waals surface area contributed by atoms with Crippen LogP contribution in [-0.4, -0.2) is 15.5 Å². The first-order valence-corrected chi connectivity index (χ1v) is 6.46. The van der Waals surface area contributed by atoms with Crippen LogP contribution in [0.5, 0.6) is 0 Å². The summed E-state index contributed by atoms with van der Waals surface area (Å²) < 4.78 is 1.94. The van der Waals surface area contributed by atoms with Gasteiger partial charge in [0, 0.05) is 42.2 Å². The molecule has 1 amide bonds. The molecule has 0 saturated carbocycles. The van der Waals surface area contributed by atoms with Crippen LogP contribution in [0, 0.1) is 0 Å². The Balaban J connectivity index is 1.86. The van der Waals surface area contributed by atoms with E-state index in [9.17, 15) is 9.59 Å². The molecule has 0 spiro atoms. The lowest BCUT2D eigenvalue weighted by atomic mass is 10.2. The van der Waals surface area contributed by atoms with E-state index in [-0.39, 0.29) is 11.0 Å². The second-order valence-corrected chi connectivity index (χ2v) is 4.52. The van der Waals surface area contributed by atoms with Gasteiger partial charge in [-0.15, -0.1) is 0 Å². The van der Waals surface area contributed by atoms with E-state index in [4.69, 9.17) is 0 Å². The lowest BCUT2D eigenvalue weighted by Gasteiger charge is -2.08. The van der Waals surface area contributed by atoms with E-state index in [0.29, 0.717) is 5.69 Å². The van der Waals surface area contributed by atoms with Gasteiger partial charge in [-0.1, -0.05) is 6.07 Å². The lowest BCUT2D eigenvalue weighted by Crippen LogP contribution is -2.20. The number of carbonyl (C=O) groups is 1. The minimum Gasteiger partial charge on any atom is -0.367 e. The highest BCUT2D eigenvalue weighted by molar-refractivity contribution is 6.04. The Morgan fingerprint density at radius 3 is 2.67 bits per heavy atom. The van der Waals surface area contributed by atoms with Gasteiger partial charge in [0.25, 0.3) is 5.91 Å². The fourth-order valence-corrected chi connectivity index (χ4v) is 2.04. The number of nitrogens with zero attached hydrogens (tertiary/aromatic N) is 1. The number of pyridine rings is 1. The zero-order chi connectivity index (χ0) is 14.7. The topological polar surface area (TPSA) is 66.9 Å². The highest BCUT2D eigenvalue weighted by Gasteiger charge is 2.09. The summed E-state index contributed by atoms with van der Waals surface area (Å²) in [6, 6.07) is 12.6. The predicted octanol–water partition coefficient (Wildman–Crippen LogP) is 2.42. The standard InChI is InChI=1S/C16H13N3O2/c20-15-6-7-17-11-14(15)16(21)18-12-4-3-5-13(10-12)19-8-1-2-9-19/h1-11H,(H,17,20)(H,18,21). The summed E-state index contributed by atoms with van der Waals surface area (Å²) in [6.45, 7) is 0. The number of aromatic nitrogens is 2. The predicted molar refractivity (Wildman–Crippen MR) is 80.8 cm³/mol. The molecule has 21 heavy (non-hydrogen) atoms. The number of rotatable bonds is 3. The Hall–Kier alpha value is -3.08. The fraction of sp³-hybridized carbons (Fsp3) is 0. The smallest absolute Gasteiger partial charge is 0.261 e. The van der Waals surface area contributed by atoms with Crippen LogP contribution in [0.2, 0.25) is 0 Å². The van der Waals surface area contributed by atoms with Crippen molar-refractivity contribution in [2.24, 2.45) is 0 Å². The second kappa shape index (κ2) is 5.50. The average molecular weight is 279 g/mol. The molecular weight excluding hydrogens is 266 g/mol. The quantitative estimate of drug-likeness (QED) is 0.773. The first-order valence-electron chi connectivity index (χ1n) is 6.46. The third kappa shape index (κ3) is 2.76. The Morgan fingerprint density at radius 1 is 1.10 bits per heavy atom. The van der Waals surface area contributed by atoms with Crippen molar-refractivity contribution in [2.75, 3.05) is 5.32 Å². The van der Waals surface area contributed by atoms with Crippen LogP contribution in [0.15, 0.2) is 72.0 Å². The summed E-state index contributed by atoms with van der Waals surface area (Å²) in [5.74, 6) is -0.429. The van der Waals surface area contributed by atoms with E-state index in [1.54, 1.807) is 6.07 Å². The molecule has 0 radical (unpaired) electrons. The molecule has 5 nitrogen and oxygen atoms in total. The second-order valence-electron chi connectivity index (χ2n) is 4.52. The summed E-state index contributed by atoms with van der Waals surface area (Å²) >= 11 is 0. The van der Waals surface area contributed by atoms with Crippen molar-refractivity contribution < 1.29 is 4.79 Å². The molecule has 0 fully saturated rings. The van der Waals surface area contributed by atoms with Crippen LogP contribution in [0.4, 0.5) is 5.69 Å². The maximum atomic E-state index is 12.1. The van der Waals surface area contributed by atoms with Crippen molar-refractivity contribution in [1.82, 2.24) is 9.55 Å². The van der Waals surface area contributed by atoms with Gasteiger partial charge < -0.3 is 14.9 Å². The third-order valence-corrected chi connectivity index (χ3v) is 3.08. The van der Waals surface area contributed by atoms with Crippen LogP contribution in [0.1, 0.15) is 10.4 Å². The summed E-state index contributed by atoms with van der Waals surface area (Å²) in [5, 5.41) is 2.73. The van der Waals surface area contributed by atoms with Gasteiger partial charge in [0.15, 0.2) is 5.43 Å². The molecule has 2 heterocycles. The lowest BCUT2D eigenvalue weighted by molar-refractivity contribution is 0.102. The molecule has 0 saturated heterocycles. The average Bonchev–Trinajstić information content (AvgIpc) is 3.02. The SMILES string of the molecule is O=C(Nc1cccc(-n2cccc2)c1)c1c[nH]ccc1=O. The van der Waals surface area contributed by atoms with Crippen molar-refractivity contribution in [2.45, 2.75) is 0 Å². The number of benzene rings is 1. The Morgan fingerprint density at radius 2 is 1.90 bits per heavy atom. The van der Waals surface area contributed by atoms with Gasteiger partial charge in [0.05, 0.1) is 0 Å². The summed E-state index contributed by atoms with van der Waals surface area (Å²) in [5.41, 5.74) is 1.34. The molecule has 0 aliphatic heterocycles. The van der Waals surface area contributed by atoms with Crippen LogP contribution in [0.3, 0.4) is 0 Å². The van der Waals surface area contributed by atoms with E-state index >= 15 is 0 Å². The highest BCUT2D eigenvalue weighted by Crippen LogP contribution is 2.15. The molecule has 0 bridgehead atoms. The van der Waals surface area contributed by atoms with E-state index in [2.05, 4.69) is 10.3 Å². The molecule has 0 atom stereocenters. The maximum Gasteiger partial charge on any atom is 0.261 e. The van der Waals surface area contributed by atoms with Gasteiger partial charge in [0.2, 0.25) is 0 Å². The van der Waals surface area contributed by atoms with Crippen LogP contribution < -0.4 is 10.7 Å². The molecule has 2 N–H and O–H groups in total. The number of aromatic amines is 1. The van der Waals surface area contributed by atoms with Gasteiger partial charge in [0.1, 0.15) is 5.56 Å². The minimum atomic E-state index is -0.429. The van der Waals surface area contributed by atoms with Crippen molar-refractivity contribution in [3.8, 4) is 5.69 Å². The van der Waals surface area contributed by atoms with E-state index in [0.717, 1.165) is 5.69 Å². The normalized spacial score (nSPS) is 10.3. The van der Waals surface area contributed by atoms with Crippen molar-refractivity contribution in [3.63, 3.8) is 0 Å². The maximum absolute atomic E-state index is 12.1. The van der Waals surface area contributed by atoms with E-state index in [1.165, 1.54) is 18.5 Å². The first-order chi connectivity index (χ1) is 10.2. The molecule has 0 unspecified atom stereocenters. The number of anilines is 1. The number of amides is 1. The minimum absolute atomic E-state index is 0.0869. The largest absolute Gasteiger partial charge is 0.367 e. The fourth-order valence-electron chi connectivity index (χ4n) is 2.04. The summed E-state index contributed by atoms with van der Waals surface area (Å²) in [4.78, 5) is 26.5. The molecule has 104 valence electrons. The van der Waals surface area contributed by atoms with Crippen molar-refractivity contribution >= 4 is 11.6 Å². The number of hydrogen-bond acceptors (Lipinski definition) is 2. The van der Waals surface area contributed by atoms with Gasteiger partial charge in [-0.05, 0) is 30.3 Å². The molecule has 2 aromatic heterocycles. The molecule has 0 aliphatic carbocycles. The number of H-pyrrole nitrogens is 1. The first kappa shape index (κ1) is 12.9. The van der Waals surface area contributed by atoms with Gasteiger partial charge in [-0.25, -0.2) is 0 Å². The molecule has 0 aliphatic rings. The van der Waals surface area contributed by atoms with E-state index < -0.39 is 5.91 Å². The van der Waals surface area contributed by atoms with Gasteiger partial charge in [-0.2, -0.15) is 0 Å². The van der Waals surface area contributed by atoms with Crippen molar-refractivity contribution in [3.05, 3.63) is 83.0 Å². The molecule has 3 rings (SSSR count). The van der Waals surface area contributed by atoms with Crippen molar-refractivity contribution in [1.29, 1.82) is 0 Å². The number of hydrogen-bond donors (Lipinski definition) is 2. The van der Waals surface area contributed by atoms with E-state index in [1.807, 2.05) is 47.3 Å². The number of nitrogens with one attached hydrogen (secondary N) is 2. The Kier molecular flexibility index (Phi) is 3.39. The Bertz CT molecular complexity index is 819. The monoisotopic (exact) mass is 279 g/mol. The van der Waals surface area contributed by atoms with Gasteiger partial charge >= 0.3 is 0 Å². The van der Waals surface area contributed by atoms with Gasteiger partial charge in [-0.3, -0.25) is 9.59 Å². The zero-order valence-electron chi connectivity index (χ0n) is 11.1. The molecular formula is C16H13N3O2.